The number of nitrogens with one attached hydrogen (secondary N) is 3. The molecule has 23 heavy (non-hydrogen) atoms. The number of H-pyrrole nitrogens is 1. The first-order valence-electron chi connectivity index (χ1n) is 7.61. The summed E-state index contributed by atoms with van der Waals surface area (Å²) in [7, 11) is 1.61. The molecular formula is C14H18N8O. The standard InChI is InChI=1S/C14H18N8O/c1-23-12-11(9-6-17-18-7-9)16-8-22-13(12)20-14(21-22)19-10-2-4-15-5-3-10/h6-8,10,15H,2-5H2,1H3,(H,17,18)(H,19,21). The maximum atomic E-state index is 5.52. The Kier molecular flexibility index (Phi) is 3.54. The minimum atomic E-state index is 0.390. The van der Waals surface area contributed by atoms with E-state index in [1.165, 1.54) is 0 Å². The van der Waals surface area contributed by atoms with Crippen molar-refractivity contribution in [2.24, 2.45) is 0 Å². The van der Waals surface area contributed by atoms with Crippen molar-refractivity contribution in [2.45, 2.75) is 18.9 Å². The summed E-state index contributed by atoms with van der Waals surface area (Å²) in [5.41, 5.74) is 2.17. The van der Waals surface area contributed by atoms with Crippen molar-refractivity contribution in [3.8, 4) is 17.0 Å². The van der Waals surface area contributed by atoms with E-state index >= 15 is 0 Å². The number of rotatable bonds is 4. The molecule has 0 amide bonds. The van der Waals surface area contributed by atoms with E-state index in [4.69, 9.17) is 4.74 Å². The van der Waals surface area contributed by atoms with Gasteiger partial charge in [-0.15, -0.1) is 5.10 Å². The summed E-state index contributed by atoms with van der Waals surface area (Å²) in [6.45, 7) is 2.03. The molecule has 3 aromatic rings. The first-order chi connectivity index (χ1) is 11.3. The number of aromatic amines is 1. The lowest BCUT2D eigenvalue weighted by atomic mass is 10.1. The SMILES string of the molecule is COc1c(-c2cn[nH]c2)ncn2nc(NC3CCNCC3)nc12. The Morgan fingerprint density at radius 3 is 2.96 bits per heavy atom. The fourth-order valence-electron chi connectivity index (χ4n) is 2.82. The highest BCUT2D eigenvalue weighted by molar-refractivity contribution is 5.73. The van der Waals surface area contributed by atoms with Crippen molar-refractivity contribution < 1.29 is 4.74 Å². The fraction of sp³-hybridized carbons (Fsp3) is 0.429. The van der Waals surface area contributed by atoms with E-state index in [-0.39, 0.29) is 0 Å². The second kappa shape index (κ2) is 5.84. The number of hydrogen-bond acceptors (Lipinski definition) is 7. The zero-order chi connectivity index (χ0) is 15.6. The topological polar surface area (TPSA) is 105 Å². The number of hydrogen-bond donors (Lipinski definition) is 3. The quantitative estimate of drug-likeness (QED) is 0.650. The molecule has 0 radical (unpaired) electrons. The summed E-state index contributed by atoms with van der Waals surface area (Å²) in [5, 5.41) is 17.9. The van der Waals surface area contributed by atoms with Gasteiger partial charge < -0.3 is 15.4 Å². The third-order valence-corrected chi connectivity index (χ3v) is 3.99. The summed E-state index contributed by atoms with van der Waals surface area (Å²) >= 11 is 0. The van der Waals surface area contributed by atoms with Crippen LogP contribution in [0, 0.1) is 0 Å². The van der Waals surface area contributed by atoms with Gasteiger partial charge in [-0.1, -0.05) is 0 Å². The molecule has 0 saturated carbocycles. The van der Waals surface area contributed by atoms with E-state index < -0.39 is 0 Å². The van der Waals surface area contributed by atoms with Gasteiger partial charge in [0.15, 0.2) is 5.75 Å². The Morgan fingerprint density at radius 1 is 1.35 bits per heavy atom. The lowest BCUT2D eigenvalue weighted by molar-refractivity contribution is 0.416. The van der Waals surface area contributed by atoms with Crippen LogP contribution >= 0.6 is 0 Å². The summed E-state index contributed by atoms with van der Waals surface area (Å²) in [6, 6.07) is 0.390. The lowest BCUT2D eigenvalue weighted by Gasteiger charge is -2.22. The molecule has 3 aromatic heterocycles. The van der Waals surface area contributed by atoms with Crippen molar-refractivity contribution in [1.29, 1.82) is 0 Å². The molecule has 1 fully saturated rings. The molecule has 3 N–H and O–H groups in total. The van der Waals surface area contributed by atoms with E-state index in [0.29, 0.717) is 29.1 Å². The average molecular weight is 314 g/mol. The van der Waals surface area contributed by atoms with Gasteiger partial charge in [0, 0.05) is 17.8 Å². The Bertz CT molecular complexity index is 791. The zero-order valence-corrected chi connectivity index (χ0v) is 12.8. The van der Waals surface area contributed by atoms with Gasteiger partial charge in [-0.2, -0.15) is 14.6 Å². The number of methoxy groups -OCH3 is 1. The van der Waals surface area contributed by atoms with E-state index in [2.05, 4.69) is 35.9 Å². The number of nitrogens with zero attached hydrogens (tertiary/aromatic N) is 5. The van der Waals surface area contributed by atoms with Gasteiger partial charge in [0.05, 0.1) is 13.3 Å². The molecule has 120 valence electrons. The van der Waals surface area contributed by atoms with Gasteiger partial charge in [0.25, 0.3) is 0 Å². The largest absolute Gasteiger partial charge is 0.491 e. The summed E-state index contributed by atoms with van der Waals surface area (Å²) in [4.78, 5) is 8.99. The van der Waals surface area contributed by atoms with E-state index in [0.717, 1.165) is 31.5 Å². The second-order valence-electron chi connectivity index (χ2n) is 5.49. The van der Waals surface area contributed by atoms with Crippen LogP contribution in [0.5, 0.6) is 5.75 Å². The monoisotopic (exact) mass is 314 g/mol. The Morgan fingerprint density at radius 2 is 2.22 bits per heavy atom. The third-order valence-electron chi connectivity index (χ3n) is 3.99. The van der Waals surface area contributed by atoms with Crippen molar-refractivity contribution in [2.75, 3.05) is 25.5 Å². The minimum Gasteiger partial charge on any atom is -0.491 e. The molecule has 4 heterocycles. The summed E-state index contributed by atoms with van der Waals surface area (Å²) < 4.78 is 7.15. The minimum absolute atomic E-state index is 0.390. The molecule has 0 bridgehead atoms. The van der Waals surface area contributed by atoms with E-state index in [1.807, 2.05) is 0 Å². The number of anilines is 1. The molecule has 9 nitrogen and oxygen atoms in total. The number of piperidine rings is 1. The fourth-order valence-corrected chi connectivity index (χ4v) is 2.82. The average Bonchev–Trinajstić information content (AvgIpc) is 3.23. The first-order valence-corrected chi connectivity index (χ1v) is 7.61. The Balaban J connectivity index is 1.70. The molecule has 4 rings (SSSR count). The van der Waals surface area contributed by atoms with Crippen LogP contribution in [0.4, 0.5) is 5.95 Å². The van der Waals surface area contributed by atoms with E-state index in [1.54, 1.807) is 30.3 Å². The Labute approximate surface area is 132 Å². The highest BCUT2D eigenvalue weighted by atomic mass is 16.5. The van der Waals surface area contributed by atoms with Crippen LogP contribution < -0.4 is 15.4 Å². The van der Waals surface area contributed by atoms with Gasteiger partial charge in [0.1, 0.15) is 12.0 Å². The molecule has 1 saturated heterocycles. The van der Waals surface area contributed by atoms with Crippen molar-refractivity contribution in [3.63, 3.8) is 0 Å². The van der Waals surface area contributed by atoms with Gasteiger partial charge in [0.2, 0.25) is 11.6 Å². The van der Waals surface area contributed by atoms with Crippen LogP contribution in [0.3, 0.4) is 0 Å². The summed E-state index contributed by atoms with van der Waals surface area (Å²) in [6.07, 6.45) is 7.23. The van der Waals surface area contributed by atoms with Crippen molar-refractivity contribution in [1.82, 2.24) is 35.1 Å². The second-order valence-corrected chi connectivity index (χ2v) is 5.49. The maximum absolute atomic E-state index is 5.52. The van der Waals surface area contributed by atoms with Crippen LogP contribution in [-0.4, -0.2) is 56.0 Å². The van der Waals surface area contributed by atoms with Crippen LogP contribution in [0.1, 0.15) is 12.8 Å². The molecule has 1 aliphatic heterocycles. The molecule has 1 aliphatic rings. The lowest BCUT2D eigenvalue weighted by Crippen LogP contribution is -2.35. The first kappa shape index (κ1) is 13.9. The smallest absolute Gasteiger partial charge is 0.243 e. The molecular weight excluding hydrogens is 296 g/mol. The maximum Gasteiger partial charge on any atom is 0.243 e. The summed E-state index contributed by atoms with van der Waals surface area (Å²) in [5.74, 6) is 1.18. The highest BCUT2D eigenvalue weighted by Crippen LogP contribution is 2.30. The van der Waals surface area contributed by atoms with Crippen molar-refractivity contribution in [3.05, 3.63) is 18.7 Å². The van der Waals surface area contributed by atoms with Gasteiger partial charge in [-0.3, -0.25) is 5.10 Å². The number of ether oxygens (including phenoxy) is 1. The van der Waals surface area contributed by atoms with E-state index in [9.17, 15) is 0 Å². The number of fused-ring (bicyclic) bond motifs is 1. The molecule has 0 unspecified atom stereocenters. The Hall–Kier alpha value is -2.68. The molecule has 0 atom stereocenters. The van der Waals surface area contributed by atoms with Crippen LogP contribution in [0.2, 0.25) is 0 Å². The van der Waals surface area contributed by atoms with Gasteiger partial charge >= 0.3 is 0 Å². The molecule has 0 spiro atoms. The zero-order valence-electron chi connectivity index (χ0n) is 12.8. The van der Waals surface area contributed by atoms with Crippen LogP contribution in [0.25, 0.3) is 16.9 Å². The normalized spacial score (nSPS) is 15.9. The molecule has 0 aromatic carbocycles. The third kappa shape index (κ3) is 2.59. The van der Waals surface area contributed by atoms with Gasteiger partial charge in [-0.25, -0.2) is 4.98 Å². The van der Waals surface area contributed by atoms with Crippen LogP contribution in [0.15, 0.2) is 18.7 Å². The molecule has 0 aliphatic carbocycles. The van der Waals surface area contributed by atoms with Crippen molar-refractivity contribution >= 4 is 11.6 Å². The predicted octanol–water partition coefficient (Wildman–Crippen LogP) is 0.687. The molecule has 9 heteroatoms. The van der Waals surface area contributed by atoms with Gasteiger partial charge in [-0.05, 0) is 25.9 Å². The predicted molar refractivity (Wildman–Crippen MR) is 84.4 cm³/mol. The van der Waals surface area contributed by atoms with Crippen LogP contribution in [-0.2, 0) is 0 Å². The number of aromatic nitrogens is 6. The highest BCUT2D eigenvalue weighted by Gasteiger charge is 2.19.